The predicted octanol–water partition coefficient (Wildman–Crippen LogP) is 3.51. The maximum atomic E-state index is 12.4. The van der Waals surface area contributed by atoms with Gasteiger partial charge in [0.05, 0.1) is 0 Å². The molecule has 0 aromatic heterocycles. The second-order valence-electron chi connectivity index (χ2n) is 3.32. The van der Waals surface area contributed by atoms with Crippen molar-refractivity contribution in [3.8, 4) is 0 Å². The summed E-state index contributed by atoms with van der Waals surface area (Å²) < 4.78 is 12.4. The van der Waals surface area contributed by atoms with E-state index >= 15 is 0 Å². The minimum absolute atomic E-state index is 0.468. The van der Waals surface area contributed by atoms with Gasteiger partial charge in [-0.3, -0.25) is 0 Å². The van der Waals surface area contributed by atoms with Crippen LogP contribution in [0, 0.1) is 0 Å². The largest absolute Gasteiger partial charge is 0.245 e. The Kier molecular flexibility index (Phi) is 8.90. The fraction of sp³-hybridized carbons (Fsp3) is 1.00. The first-order valence-electron chi connectivity index (χ1n) is 5.03. The van der Waals surface area contributed by atoms with Crippen molar-refractivity contribution >= 4 is 0 Å². The molecule has 0 N–H and O–H groups in total. The van der Waals surface area contributed by atoms with Gasteiger partial charge >= 0.3 is 0 Å². The summed E-state index contributed by atoms with van der Waals surface area (Å²) in [5.41, 5.74) is 0. The number of hydrogen-bond donors (Lipinski definition) is 0. The average Bonchev–Trinajstić information content (AvgIpc) is 2.10. The highest BCUT2D eigenvalue weighted by Gasteiger charge is 2.03. The van der Waals surface area contributed by atoms with Crippen LogP contribution in [-0.2, 0) is 5.11 Å². The Morgan fingerprint density at radius 3 is 2.25 bits per heavy atom. The molecule has 1 radical (unpaired) electrons. The summed E-state index contributed by atoms with van der Waals surface area (Å²) in [6.45, 7) is 1.62. The molecular weight excluding hydrogens is 155 g/mol. The van der Waals surface area contributed by atoms with Crippen LogP contribution < -0.4 is 0 Å². The molecular formula is C10H20FO. The van der Waals surface area contributed by atoms with Crippen LogP contribution in [0.5, 0.6) is 0 Å². The second kappa shape index (κ2) is 8.98. The highest BCUT2D eigenvalue weighted by Crippen LogP contribution is 2.09. The third-order valence-corrected chi connectivity index (χ3v) is 2.05. The molecule has 0 aromatic rings. The lowest BCUT2D eigenvalue weighted by Crippen LogP contribution is -2.03. The summed E-state index contributed by atoms with van der Waals surface area (Å²) >= 11 is 0. The number of halogens is 1. The van der Waals surface area contributed by atoms with Crippen LogP contribution in [-0.4, -0.2) is 12.8 Å². The smallest absolute Gasteiger partial charge is 0.127 e. The van der Waals surface area contributed by atoms with E-state index in [0.717, 1.165) is 12.8 Å². The van der Waals surface area contributed by atoms with Gasteiger partial charge in [0.25, 0.3) is 0 Å². The first-order chi connectivity index (χ1) is 5.81. The molecule has 0 saturated heterocycles. The van der Waals surface area contributed by atoms with E-state index in [2.05, 4.69) is 6.92 Å². The lowest BCUT2D eigenvalue weighted by atomic mass is 10.1. The molecule has 0 amide bonds. The van der Waals surface area contributed by atoms with Crippen LogP contribution in [0.25, 0.3) is 0 Å². The molecule has 0 rings (SSSR count). The van der Waals surface area contributed by atoms with E-state index in [4.69, 9.17) is 0 Å². The van der Waals surface area contributed by atoms with E-state index < -0.39 is 12.8 Å². The van der Waals surface area contributed by atoms with Crippen molar-refractivity contribution in [2.24, 2.45) is 0 Å². The fourth-order valence-electron chi connectivity index (χ4n) is 1.23. The Bertz CT molecular complexity index is 85.9. The van der Waals surface area contributed by atoms with Crippen molar-refractivity contribution in [2.45, 2.75) is 58.0 Å². The van der Waals surface area contributed by atoms with Gasteiger partial charge in [-0.2, -0.15) is 0 Å². The summed E-state index contributed by atoms with van der Waals surface area (Å²) in [6.07, 6.45) is 6.30. The SMILES string of the molecule is CCCCCCCCC(F)C[O]. The van der Waals surface area contributed by atoms with Gasteiger partial charge in [-0.25, -0.2) is 9.50 Å². The molecule has 0 heterocycles. The zero-order valence-corrected chi connectivity index (χ0v) is 8.02. The molecule has 0 aliphatic rings. The first kappa shape index (κ1) is 11.9. The highest BCUT2D eigenvalue weighted by atomic mass is 19.1. The van der Waals surface area contributed by atoms with Crippen LogP contribution in [0.1, 0.15) is 51.9 Å². The topological polar surface area (TPSA) is 19.9 Å². The molecule has 1 unspecified atom stereocenters. The number of alkyl halides is 1. The predicted molar refractivity (Wildman–Crippen MR) is 48.4 cm³/mol. The van der Waals surface area contributed by atoms with Gasteiger partial charge in [0.15, 0.2) is 0 Å². The monoisotopic (exact) mass is 175 g/mol. The van der Waals surface area contributed by atoms with E-state index in [9.17, 15) is 9.50 Å². The first-order valence-corrected chi connectivity index (χ1v) is 5.03. The van der Waals surface area contributed by atoms with Crippen molar-refractivity contribution in [1.82, 2.24) is 0 Å². The third kappa shape index (κ3) is 7.99. The van der Waals surface area contributed by atoms with Gasteiger partial charge in [-0.1, -0.05) is 45.4 Å². The van der Waals surface area contributed by atoms with Crippen LogP contribution in [0.2, 0.25) is 0 Å². The summed E-state index contributed by atoms with van der Waals surface area (Å²) in [6, 6.07) is 0. The maximum Gasteiger partial charge on any atom is 0.127 e. The second-order valence-corrected chi connectivity index (χ2v) is 3.32. The van der Waals surface area contributed by atoms with Gasteiger partial charge in [-0.05, 0) is 6.42 Å². The summed E-state index contributed by atoms with van der Waals surface area (Å²) in [5, 5.41) is 10.0. The standard InChI is InChI=1S/C10H20FO/c1-2-3-4-5-6-7-8-10(11)9-12/h10H,2-9H2,1H3. The third-order valence-electron chi connectivity index (χ3n) is 2.05. The van der Waals surface area contributed by atoms with Crippen molar-refractivity contribution in [3.05, 3.63) is 0 Å². The normalized spacial score (nSPS) is 13.2. The molecule has 0 aliphatic carbocycles. The Hall–Kier alpha value is -0.110. The van der Waals surface area contributed by atoms with E-state index in [1.165, 1.54) is 25.7 Å². The quantitative estimate of drug-likeness (QED) is 0.503. The molecule has 1 nitrogen and oxygen atoms in total. The number of hydrogen-bond acceptors (Lipinski definition) is 0. The van der Waals surface area contributed by atoms with Crippen molar-refractivity contribution in [1.29, 1.82) is 0 Å². The highest BCUT2D eigenvalue weighted by molar-refractivity contribution is 4.53. The minimum Gasteiger partial charge on any atom is -0.245 e. The Morgan fingerprint density at radius 1 is 1.08 bits per heavy atom. The lowest BCUT2D eigenvalue weighted by molar-refractivity contribution is 0.107. The molecule has 0 spiro atoms. The summed E-state index contributed by atoms with van der Waals surface area (Å²) in [5.74, 6) is 0. The Balaban J connectivity index is 2.90. The molecule has 12 heavy (non-hydrogen) atoms. The molecule has 0 saturated carbocycles. The van der Waals surface area contributed by atoms with Crippen LogP contribution in [0.3, 0.4) is 0 Å². The van der Waals surface area contributed by atoms with Crippen molar-refractivity contribution < 1.29 is 9.50 Å². The molecule has 0 aromatic carbocycles. The zero-order chi connectivity index (χ0) is 9.23. The molecule has 0 fully saturated rings. The van der Waals surface area contributed by atoms with Gasteiger partial charge < -0.3 is 0 Å². The Labute approximate surface area is 75.0 Å². The van der Waals surface area contributed by atoms with Crippen LogP contribution in [0.4, 0.5) is 4.39 Å². The van der Waals surface area contributed by atoms with Gasteiger partial charge in [-0.15, -0.1) is 0 Å². The number of unbranched alkanes of at least 4 members (excludes halogenated alkanes) is 5. The van der Waals surface area contributed by atoms with Crippen LogP contribution in [0.15, 0.2) is 0 Å². The van der Waals surface area contributed by atoms with E-state index in [1.807, 2.05) is 0 Å². The molecule has 0 aliphatic heterocycles. The summed E-state index contributed by atoms with van der Waals surface area (Å²) in [4.78, 5) is 0. The van der Waals surface area contributed by atoms with E-state index in [-0.39, 0.29) is 0 Å². The number of rotatable bonds is 8. The fourth-order valence-corrected chi connectivity index (χ4v) is 1.23. The maximum absolute atomic E-state index is 12.4. The van der Waals surface area contributed by atoms with Crippen molar-refractivity contribution in [2.75, 3.05) is 6.61 Å². The zero-order valence-electron chi connectivity index (χ0n) is 8.02. The van der Waals surface area contributed by atoms with E-state index in [0.29, 0.717) is 6.42 Å². The van der Waals surface area contributed by atoms with Gasteiger partial charge in [0, 0.05) is 0 Å². The molecule has 0 bridgehead atoms. The minimum atomic E-state index is -1.10. The average molecular weight is 175 g/mol. The van der Waals surface area contributed by atoms with Gasteiger partial charge in [0.2, 0.25) is 0 Å². The molecule has 73 valence electrons. The lowest BCUT2D eigenvalue weighted by Gasteiger charge is -2.02. The van der Waals surface area contributed by atoms with Crippen LogP contribution >= 0.6 is 0 Å². The molecule has 2 heteroatoms. The Morgan fingerprint density at radius 2 is 1.67 bits per heavy atom. The van der Waals surface area contributed by atoms with Gasteiger partial charge in [0.1, 0.15) is 12.8 Å². The summed E-state index contributed by atoms with van der Waals surface area (Å²) in [7, 11) is 0. The molecule has 1 atom stereocenters. The van der Waals surface area contributed by atoms with E-state index in [1.54, 1.807) is 0 Å². The van der Waals surface area contributed by atoms with Crippen molar-refractivity contribution in [3.63, 3.8) is 0 Å².